The highest BCUT2D eigenvalue weighted by Gasteiger charge is 2.31. The zero-order valence-electron chi connectivity index (χ0n) is 9.55. The lowest BCUT2D eigenvalue weighted by atomic mass is 10.2. The number of nitrogens with zero attached hydrogens (tertiary/aromatic N) is 1. The van der Waals surface area contributed by atoms with E-state index in [0.717, 1.165) is 4.90 Å². The maximum absolute atomic E-state index is 12.4. The van der Waals surface area contributed by atoms with E-state index in [0.29, 0.717) is 15.1 Å². The molecule has 1 aromatic rings. The Hall–Kier alpha value is -0.790. The zero-order valence-corrected chi connectivity index (χ0v) is 11.9. The van der Waals surface area contributed by atoms with Crippen LogP contribution in [0.25, 0.3) is 0 Å². The Bertz CT molecular complexity index is 468. The Morgan fingerprint density at radius 1 is 1.42 bits per heavy atom. The lowest BCUT2D eigenvalue weighted by molar-refractivity contribution is -0.154. The van der Waals surface area contributed by atoms with E-state index >= 15 is 0 Å². The summed E-state index contributed by atoms with van der Waals surface area (Å²) < 4.78 is 37.7. The molecule has 1 N–H and O–H groups in total. The number of hydrogen-bond donors (Lipinski definition) is 1. The fourth-order valence-electron chi connectivity index (χ4n) is 1.52. The summed E-state index contributed by atoms with van der Waals surface area (Å²) in [6.07, 6.45) is -4.46. The minimum Gasteiger partial charge on any atom is -0.480 e. The zero-order chi connectivity index (χ0) is 14.6. The fourth-order valence-corrected chi connectivity index (χ4v) is 2.10. The quantitative estimate of drug-likeness (QED) is 0.873. The van der Waals surface area contributed by atoms with Crippen LogP contribution in [0.5, 0.6) is 0 Å². The number of aliphatic carboxylic acids is 1. The molecule has 1 rings (SSSR count). The van der Waals surface area contributed by atoms with Gasteiger partial charge in [0.1, 0.15) is 0 Å². The molecule has 0 fully saturated rings. The molecule has 0 atom stereocenters. The Morgan fingerprint density at radius 2 is 2.05 bits per heavy atom. The molecule has 0 aliphatic carbocycles. The minimum absolute atomic E-state index is 0.190. The van der Waals surface area contributed by atoms with Crippen LogP contribution < -0.4 is 0 Å². The van der Waals surface area contributed by atoms with E-state index in [1.807, 2.05) is 0 Å². The van der Waals surface area contributed by atoms with Crippen molar-refractivity contribution in [2.24, 2.45) is 0 Å². The molecule has 1 aromatic carbocycles. The van der Waals surface area contributed by atoms with E-state index in [-0.39, 0.29) is 6.54 Å². The third-order valence-electron chi connectivity index (χ3n) is 2.16. The van der Waals surface area contributed by atoms with E-state index in [9.17, 15) is 18.0 Å². The molecule has 106 valence electrons. The van der Waals surface area contributed by atoms with Gasteiger partial charge in [0, 0.05) is 16.0 Å². The van der Waals surface area contributed by atoms with E-state index in [1.165, 1.54) is 6.07 Å². The first kappa shape index (κ1) is 16.3. The number of halogens is 5. The molecule has 0 aliphatic rings. The summed E-state index contributed by atoms with van der Waals surface area (Å²) >= 11 is 9.05. The first-order chi connectivity index (χ1) is 8.67. The predicted molar refractivity (Wildman–Crippen MR) is 68.1 cm³/mol. The monoisotopic (exact) mass is 359 g/mol. The van der Waals surface area contributed by atoms with Crippen molar-refractivity contribution in [3.05, 3.63) is 33.3 Å². The van der Waals surface area contributed by atoms with E-state index in [4.69, 9.17) is 16.7 Å². The standard InChI is InChI=1S/C11H10BrClF3NO2/c12-8-1-2-9(13)7(3-8)4-17(5-10(18)19)6-11(14,15)16/h1-3H,4-6H2,(H,18,19). The van der Waals surface area contributed by atoms with Crippen LogP contribution in [0.4, 0.5) is 13.2 Å². The summed E-state index contributed by atoms with van der Waals surface area (Å²) in [6, 6.07) is 4.75. The molecule has 19 heavy (non-hydrogen) atoms. The lowest BCUT2D eigenvalue weighted by Crippen LogP contribution is -2.37. The van der Waals surface area contributed by atoms with Gasteiger partial charge in [-0.25, -0.2) is 0 Å². The predicted octanol–water partition coefficient (Wildman–Crippen LogP) is 3.55. The van der Waals surface area contributed by atoms with Crippen molar-refractivity contribution in [3.8, 4) is 0 Å². The molecule has 0 bridgehead atoms. The summed E-state index contributed by atoms with van der Waals surface area (Å²) in [5, 5.41) is 8.92. The van der Waals surface area contributed by atoms with Gasteiger partial charge < -0.3 is 5.11 Å². The number of hydrogen-bond acceptors (Lipinski definition) is 2. The number of benzene rings is 1. The van der Waals surface area contributed by atoms with E-state index in [1.54, 1.807) is 12.1 Å². The van der Waals surface area contributed by atoms with Crippen molar-refractivity contribution in [2.45, 2.75) is 12.7 Å². The van der Waals surface area contributed by atoms with Crippen LogP contribution in [0, 0.1) is 0 Å². The second-order valence-electron chi connectivity index (χ2n) is 3.89. The van der Waals surface area contributed by atoms with Gasteiger partial charge in [-0.1, -0.05) is 27.5 Å². The summed E-state index contributed by atoms with van der Waals surface area (Å²) in [5.74, 6) is -1.32. The molecule has 0 radical (unpaired) electrons. The van der Waals surface area contributed by atoms with Crippen LogP contribution >= 0.6 is 27.5 Å². The van der Waals surface area contributed by atoms with Crippen LogP contribution in [-0.4, -0.2) is 35.2 Å². The van der Waals surface area contributed by atoms with Gasteiger partial charge in [0.05, 0.1) is 13.1 Å². The molecule has 0 aliphatic heterocycles. The molecular formula is C11H10BrClF3NO2. The van der Waals surface area contributed by atoms with Crippen molar-refractivity contribution in [3.63, 3.8) is 0 Å². The summed E-state index contributed by atoms with van der Waals surface area (Å²) in [4.78, 5) is 11.4. The Morgan fingerprint density at radius 3 is 2.58 bits per heavy atom. The van der Waals surface area contributed by atoms with Crippen LogP contribution in [-0.2, 0) is 11.3 Å². The number of carboxylic acids is 1. The maximum atomic E-state index is 12.4. The lowest BCUT2D eigenvalue weighted by Gasteiger charge is -2.22. The molecule has 0 unspecified atom stereocenters. The molecule has 3 nitrogen and oxygen atoms in total. The largest absolute Gasteiger partial charge is 0.480 e. The van der Waals surface area contributed by atoms with Gasteiger partial charge in [-0.15, -0.1) is 0 Å². The smallest absolute Gasteiger partial charge is 0.401 e. The van der Waals surface area contributed by atoms with Crippen LogP contribution in [0.15, 0.2) is 22.7 Å². The molecule has 8 heteroatoms. The number of alkyl halides is 3. The summed E-state index contributed by atoms with van der Waals surface area (Å²) in [7, 11) is 0. The normalized spacial score (nSPS) is 11.9. The third kappa shape index (κ3) is 6.26. The SMILES string of the molecule is O=C(O)CN(Cc1cc(Br)ccc1Cl)CC(F)(F)F. The van der Waals surface area contributed by atoms with E-state index < -0.39 is 25.2 Å². The average Bonchev–Trinajstić information content (AvgIpc) is 2.20. The topological polar surface area (TPSA) is 40.5 Å². The first-order valence-electron chi connectivity index (χ1n) is 5.12. The van der Waals surface area contributed by atoms with Gasteiger partial charge in [-0.2, -0.15) is 13.2 Å². The maximum Gasteiger partial charge on any atom is 0.401 e. The van der Waals surface area contributed by atoms with Gasteiger partial charge in [0.2, 0.25) is 0 Å². The first-order valence-corrected chi connectivity index (χ1v) is 6.29. The van der Waals surface area contributed by atoms with Crippen molar-refractivity contribution < 1.29 is 23.1 Å². The second-order valence-corrected chi connectivity index (χ2v) is 5.21. The molecule has 0 amide bonds. The van der Waals surface area contributed by atoms with E-state index in [2.05, 4.69) is 15.9 Å². The molecule has 0 saturated heterocycles. The summed E-state index contributed by atoms with van der Waals surface area (Å²) in [6.45, 7) is -2.20. The Balaban J connectivity index is 2.87. The fraction of sp³-hybridized carbons (Fsp3) is 0.364. The highest BCUT2D eigenvalue weighted by molar-refractivity contribution is 9.10. The minimum atomic E-state index is -4.46. The van der Waals surface area contributed by atoms with Crippen molar-refractivity contribution in [1.29, 1.82) is 0 Å². The molecule has 0 spiro atoms. The molecule has 0 saturated carbocycles. The van der Waals surface area contributed by atoms with Gasteiger partial charge in [-0.3, -0.25) is 9.69 Å². The third-order valence-corrected chi connectivity index (χ3v) is 3.03. The van der Waals surface area contributed by atoms with Crippen LogP contribution in [0.3, 0.4) is 0 Å². The van der Waals surface area contributed by atoms with Crippen molar-refractivity contribution >= 4 is 33.5 Å². The van der Waals surface area contributed by atoms with Gasteiger partial charge >= 0.3 is 12.1 Å². The van der Waals surface area contributed by atoms with Gasteiger partial charge in [0.25, 0.3) is 0 Å². The van der Waals surface area contributed by atoms with Gasteiger partial charge in [-0.05, 0) is 23.8 Å². The Kier molecular flexibility index (Phi) is 5.64. The molecule has 0 aromatic heterocycles. The van der Waals surface area contributed by atoms with Crippen LogP contribution in [0.2, 0.25) is 5.02 Å². The Labute approximate surface area is 121 Å². The van der Waals surface area contributed by atoms with Gasteiger partial charge in [0.15, 0.2) is 0 Å². The number of carboxylic acid groups (broad SMARTS) is 1. The van der Waals surface area contributed by atoms with Crippen LogP contribution in [0.1, 0.15) is 5.56 Å². The summed E-state index contributed by atoms with van der Waals surface area (Å²) in [5.41, 5.74) is 0.432. The molecule has 0 heterocycles. The molecular weight excluding hydrogens is 350 g/mol. The highest BCUT2D eigenvalue weighted by Crippen LogP contribution is 2.24. The number of rotatable bonds is 5. The van der Waals surface area contributed by atoms with Crippen molar-refractivity contribution in [1.82, 2.24) is 4.90 Å². The second kappa shape index (κ2) is 6.58. The average molecular weight is 361 g/mol. The highest BCUT2D eigenvalue weighted by atomic mass is 79.9. The number of carbonyl (C=O) groups is 1. The van der Waals surface area contributed by atoms with Crippen molar-refractivity contribution in [2.75, 3.05) is 13.1 Å².